The number of aromatic nitrogens is 3. The molecule has 3 rings (SSSR count). The van der Waals surface area contributed by atoms with Crippen LogP contribution in [-0.4, -0.2) is 28.0 Å². The first-order valence-corrected chi connectivity index (χ1v) is 6.45. The molecule has 3 heterocycles. The lowest BCUT2D eigenvalue weighted by molar-refractivity contribution is 0.320. The summed E-state index contributed by atoms with van der Waals surface area (Å²) < 4.78 is 0. The van der Waals surface area contributed by atoms with Crippen LogP contribution in [0.4, 0.5) is 5.82 Å². The summed E-state index contributed by atoms with van der Waals surface area (Å²) in [6, 6.07) is 3.75. The molecule has 1 saturated heterocycles. The van der Waals surface area contributed by atoms with Crippen molar-refractivity contribution in [3.8, 4) is 0 Å². The lowest BCUT2D eigenvalue weighted by atomic mass is 9.76. The van der Waals surface area contributed by atoms with Gasteiger partial charge in [0.2, 0.25) is 0 Å². The second kappa shape index (κ2) is 3.95. The molecule has 0 saturated carbocycles. The van der Waals surface area contributed by atoms with Gasteiger partial charge in [-0.2, -0.15) is 0 Å². The molecule has 1 atom stereocenters. The Balaban J connectivity index is 2.12. The summed E-state index contributed by atoms with van der Waals surface area (Å²) in [7, 11) is 0. The molecule has 1 unspecified atom stereocenters. The third-order valence-electron chi connectivity index (χ3n) is 4.13. The molecule has 1 aliphatic heterocycles. The summed E-state index contributed by atoms with van der Waals surface area (Å²) in [4.78, 5) is 12.4. The number of pyridine rings is 1. The van der Waals surface area contributed by atoms with Crippen molar-refractivity contribution < 1.29 is 0 Å². The van der Waals surface area contributed by atoms with Crippen molar-refractivity contribution in [2.45, 2.75) is 25.7 Å². The fourth-order valence-corrected chi connectivity index (χ4v) is 2.82. The van der Waals surface area contributed by atoms with Gasteiger partial charge in [0.25, 0.3) is 0 Å². The Morgan fingerprint density at radius 1 is 1.33 bits per heavy atom. The van der Waals surface area contributed by atoms with Gasteiger partial charge in [0.15, 0.2) is 5.65 Å². The lowest BCUT2D eigenvalue weighted by Crippen LogP contribution is -2.35. The minimum atomic E-state index is 0.0927. The molecule has 0 spiro atoms. The van der Waals surface area contributed by atoms with Gasteiger partial charge in [0.1, 0.15) is 11.6 Å². The molecule has 18 heavy (non-hydrogen) atoms. The number of nitrogens with one attached hydrogen (secondary N) is 2. The molecule has 2 aromatic heterocycles. The molecule has 0 aliphatic carbocycles. The maximum atomic E-state index is 5.70. The first kappa shape index (κ1) is 11.5. The van der Waals surface area contributed by atoms with Gasteiger partial charge in [-0.05, 0) is 31.0 Å². The highest BCUT2D eigenvalue weighted by Crippen LogP contribution is 2.36. The van der Waals surface area contributed by atoms with Crippen LogP contribution in [0.1, 0.15) is 26.1 Å². The molecule has 4 N–H and O–H groups in total. The highest BCUT2D eigenvalue weighted by molar-refractivity contribution is 5.72. The average Bonchev–Trinajstić information content (AvgIpc) is 2.94. The van der Waals surface area contributed by atoms with Crippen molar-refractivity contribution in [2.24, 2.45) is 5.92 Å². The van der Waals surface area contributed by atoms with E-state index in [2.05, 4.69) is 34.1 Å². The first-order valence-electron chi connectivity index (χ1n) is 6.45. The summed E-state index contributed by atoms with van der Waals surface area (Å²) in [5, 5.41) is 3.44. The monoisotopic (exact) mass is 245 g/mol. The van der Waals surface area contributed by atoms with Crippen LogP contribution < -0.4 is 11.1 Å². The van der Waals surface area contributed by atoms with Crippen molar-refractivity contribution in [3.63, 3.8) is 0 Å². The Morgan fingerprint density at radius 2 is 2.17 bits per heavy atom. The molecule has 0 amide bonds. The molecule has 1 fully saturated rings. The Labute approximate surface area is 106 Å². The number of anilines is 1. The number of nitrogens with zero attached hydrogens (tertiary/aromatic N) is 2. The molecular weight excluding hydrogens is 226 g/mol. The van der Waals surface area contributed by atoms with E-state index in [-0.39, 0.29) is 5.41 Å². The van der Waals surface area contributed by atoms with Crippen molar-refractivity contribution in [1.82, 2.24) is 20.3 Å². The van der Waals surface area contributed by atoms with E-state index in [1.807, 2.05) is 6.07 Å². The number of nitrogens with two attached hydrogens (primary N) is 1. The zero-order valence-electron chi connectivity index (χ0n) is 10.8. The summed E-state index contributed by atoms with van der Waals surface area (Å²) in [5.74, 6) is 2.09. The van der Waals surface area contributed by atoms with Gasteiger partial charge in [-0.1, -0.05) is 13.8 Å². The van der Waals surface area contributed by atoms with E-state index in [0.29, 0.717) is 11.7 Å². The van der Waals surface area contributed by atoms with E-state index < -0.39 is 0 Å². The maximum absolute atomic E-state index is 5.70. The number of imidazole rings is 1. The van der Waals surface area contributed by atoms with Crippen molar-refractivity contribution in [3.05, 3.63) is 18.0 Å². The normalized spacial score (nSPS) is 24.2. The Bertz CT molecular complexity index is 566. The van der Waals surface area contributed by atoms with Crippen LogP contribution in [0.15, 0.2) is 12.1 Å². The highest BCUT2D eigenvalue weighted by Gasteiger charge is 2.41. The number of nitrogen functional groups attached to an aromatic ring is 1. The van der Waals surface area contributed by atoms with E-state index in [4.69, 9.17) is 5.73 Å². The predicted octanol–water partition coefficient (Wildman–Crippen LogP) is 1.43. The maximum Gasteiger partial charge on any atom is 0.179 e. The molecule has 2 aromatic rings. The van der Waals surface area contributed by atoms with E-state index in [1.54, 1.807) is 6.07 Å². The molecule has 0 bridgehead atoms. The average molecular weight is 245 g/mol. The van der Waals surface area contributed by atoms with Crippen LogP contribution in [0.2, 0.25) is 0 Å². The largest absolute Gasteiger partial charge is 0.384 e. The zero-order chi connectivity index (χ0) is 12.8. The van der Waals surface area contributed by atoms with Crippen LogP contribution in [0.5, 0.6) is 0 Å². The van der Waals surface area contributed by atoms with Gasteiger partial charge in [0.05, 0.1) is 5.52 Å². The Kier molecular flexibility index (Phi) is 2.52. The predicted molar refractivity (Wildman–Crippen MR) is 72.3 cm³/mol. The highest BCUT2D eigenvalue weighted by atomic mass is 15.1. The summed E-state index contributed by atoms with van der Waals surface area (Å²) in [6.45, 7) is 6.52. The van der Waals surface area contributed by atoms with Gasteiger partial charge in [0, 0.05) is 12.0 Å². The van der Waals surface area contributed by atoms with Gasteiger partial charge >= 0.3 is 0 Å². The molecular formula is C13H19N5. The first-order chi connectivity index (χ1) is 8.62. The number of fused-ring (bicyclic) bond motifs is 1. The van der Waals surface area contributed by atoms with Gasteiger partial charge in [-0.3, -0.25) is 0 Å². The minimum absolute atomic E-state index is 0.0927. The minimum Gasteiger partial charge on any atom is -0.384 e. The molecule has 0 aromatic carbocycles. The van der Waals surface area contributed by atoms with Gasteiger partial charge in [-0.25, -0.2) is 9.97 Å². The quantitative estimate of drug-likeness (QED) is 0.747. The van der Waals surface area contributed by atoms with Crippen LogP contribution in [0.3, 0.4) is 0 Å². The van der Waals surface area contributed by atoms with Crippen molar-refractivity contribution in [1.29, 1.82) is 0 Å². The van der Waals surface area contributed by atoms with E-state index in [9.17, 15) is 0 Å². The third kappa shape index (κ3) is 1.58. The molecule has 96 valence electrons. The zero-order valence-corrected chi connectivity index (χ0v) is 10.8. The molecule has 5 nitrogen and oxygen atoms in total. The van der Waals surface area contributed by atoms with E-state index in [0.717, 1.165) is 36.5 Å². The fourth-order valence-electron chi connectivity index (χ4n) is 2.82. The van der Waals surface area contributed by atoms with Crippen molar-refractivity contribution in [2.75, 3.05) is 18.8 Å². The summed E-state index contributed by atoms with van der Waals surface area (Å²) >= 11 is 0. The second-order valence-corrected chi connectivity index (χ2v) is 5.43. The Hall–Kier alpha value is -1.62. The SMILES string of the molecule is CC(C)C1(c2nc3nc(N)ccc3[nH]2)CCNC1. The van der Waals surface area contributed by atoms with Crippen molar-refractivity contribution >= 4 is 17.0 Å². The summed E-state index contributed by atoms with van der Waals surface area (Å²) in [6.07, 6.45) is 1.11. The lowest BCUT2D eigenvalue weighted by Gasteiger charge is -2.30. The van der Waals surface area contributed by atoms with Crippen LogP contribution in [-0.2, 0) is 5.41 Å². The smallest absolute Gasteiger partial charge is 0.179 e. The molecule has 0 radical (unpaired) electrons. The number of rotatable bonds is 2. The van der Waals surface area contributed by atoms with Crippen LogP contribution in [0.25, 0.3) is 11.2 Å². The Morgan fingerprint density at radius 3 is 2.83 bits per heavy atom. The molecule has 5 heteroatoms. The third-order valence-corrected chi connectivity index (χ3v) is 4.13. The summed E-state index contributed by atoms with van der Waals surface area (Å²) in [5.41, 5.74) is 7.48. The van der Waals surface area contributed by atoms with E-state index >= 15 is 0 Å². The molecule has 1 aliphatic rings. The second-order valence-electron chi connectivity index (χ2n) is 5.43. The van der Waals surface area contributed by atoms with Gasteiger partial charge in [-0.15, -0.1) is 0 Å². The fraction of sp³-hybridized carbons (Fsp3) is 0.538. The van der Waals surface area contributed by atoms with Crippen LogP contribution >= 0.6 is 0 Å². The standard InChI is InChI=1S/C13H19N5/c1-8(2)13(5-6-15-7-13)12-16-9-3-4-10(14)17-11(9)18-12/h3-4,8,15H,5-7H2,1-2H3,(H3,14,16,17,18). The van der Waals surface area contributed by atoms with E-state index in [1.165, 1.54) is 0 Å². The number of hydrogen-bond donors (Lipinski definition) is 3. The number of H-pyrrole nitrogens is 1. The number of hydrogen-bond acceptors (Lipinski definition) is 4. The van der Waals surface area contributed by atoms with Gasteiger partial charge < -0.3 is 16.0 Å². The topological polar surface area (TPSA) is 79.6 Å². The number of aromatic amines is 1. The van der Waals surface area contributed by atoms with Crippen LogP contribution in [0, 0.1) is 5.92 Å².